The summed E-state index contributed by atoms with van der Waals surface area (Å²) in [6, 6.07) is 0.939. The highest BCUT2D eigenvalue weighted by Gasteiger charge is 2.25. The molecule has 2 rings (SSSR count). The van der Waals surface area contributed by atoms with Gasteiger partial charge in [-0.1, -0.05) is 12.8 Å². The zero-order valence-electron chi connectivity index (χ0n) is 15.0. The SMILES string of the molecule is CC(C)(C)OC(=O)NC1CCC(OCCNC2CCCC2)CC1. The fraction of sp³-hybridized carbons (Fsp3) is 0.944. The average Bonchev–Trinajstić information content (AvgIpc) is 2.96. The number of rotatable bonds is 6. The first-order valence-corrected chi connectivity index (χ1v) is 9.27. The molecule has 0 aliphatic heterocycles. The molecule has 2 N–H and O–H groups in total. The number of ether oxygens (including phenoxy) is 2. The van der Waals surface area contributed by atoms with Gasteiger partial charge in [0.1, 0.15) is 5.60 Å². The van der Waals surface area contributed by atoms with E-state index in [1.807, 2.05) is 20.8 Å². The van der Waals surface area contributed by atoms with Crippen molar-refractivity contribution in [2.75, 3.05) is 13.2 Å². The average molecular weight is 326 g/mol. The lowest BCUT2D eigenvalue weighted by Gasteiger charge is -2.30. The molecule has 2 aliphatic carbocycles. The second kappa shape index (κ2) is 8.88. The van der Waals surface area contributed by atoms with Gasteiger partial charge in [-0.15, -0.1) is 0 Å². The fourth-order valence-electron chi connectivity index (χ4n) is 3.47. The molecule has 23 heavy (non-hydrogen) atoms. The molecule has 0 saturated heterocycles. The lowest BCUT2D eigenvalue weighted by Crippen LogP contribution is -2.42. The van der Waals surface area contributed by atoms with E-state index in [1.54, 1.807) is 0 Å². The molecule has 5 heteroatoms. The first kappa shape index (κ1) is 18.5. The van der Waals surface area contributed by atoms with Crippen LogP contribution in [-0.4, -0.2) is 43.0 Å². The zero-order chi connectivity index (χ0) is 16.7. The summed E-state index contributed by atoms with van der Waals surface area (Å²) >= 11 is 0. The van der Waals surface area contributed by atoms with E-state index in [0.717, 1.165) is 38.8 Å². The summed E-state index contributed by atoms with van der Waals surface area (Å²) in [4.78, 5) is 11.8. The van der Waals surface area contributed by atoms with E-state index in [-0.39, 0.29) is 12.1 Å². The molecular weight excluding hydrogens is 292 g/mol. The maximum absolute atomic E-state index is 11.8. The van der Waals surface area contributed by atoms with Crippen molar-refractivity contribution in [1.82, 2.24) is 10.6 Å². The van der Waals surface area contributed by atoms with Gasteiger partial charge in [-0.2, -0.15) is 0 Å². The van der Waals surface area contributed by atoms with Crippen molar-refractivity contribution in [3.63, 3.8) is 0 Å². The smallest absolute Gasteiger partial charge is 0.407 e. The van der Waals surface area contributed by atoms with Gasteiger partial charge in [-0.3, -0.25) is 0 Å². The van der Waals surface area contributed by atoms with Gasteiger partial charge in [-0.05, 0) is 59.3 Å². The van der Waals surface area contributed by atoms with Gasteiger partial charge >= 0.3 is 6.09 Å². The molecule has 0 radical (unpaired) electrons. The molecule has 0 aromatic carbocycles. The van der Waals surface area contributed by atoms with E-state index in [2.05, 4.69) is 10.6 Å². The highest BCUT2D eigenvalue weighted by Crippen LogP contribution is 2.22. The molecule has 0 heterocycles. The summed E-state index contributed by atoms with van der Waals surface area (Å²) in [5, 5.41) is 6.55. The van der Waals surface area contributed by atoms with E-state index < -0.39 is 5.60 Å². The molecule has 0 aromatic rings. The molecular formula is C18H34N2O3. The number of amides is 1. The minimum Gasteiger partial charge on any atom is -0.444 e. The van der Waals surface area contributed by atoms with Gasteiger partial charge in [0.15, 0.2) is 0 Å². The Morgan fingerprint density at radius 2 is 1.65 bits per heavy atom. The Labute approximate surface area is 140 Å². The monoisotopic (exact) mass is 326 g/mol. The molecule has 0 atom stereocenters. The lowest BCUT2D eigenvalue weighted by atomic mass is 9.93. The quantitative estimate of drug-likeness (QED) is 0.735. The normalized spacial score (nSPS) is 26.2. The molecule has 5 nitrogen and oxygen atoms in total. The Morgan fingerprint density at radius 1 is 1.00 bits per heavy atom. The molecule has 0 spiro atoms. The molecule has 0 aromatic heterocycles. The van der Waals surface area contributed by atoms with Crippen LogP contribution in [0, 0.1) is 0 Å². The van der Waals surface area contributed by atoms with Crippen LogP contribution in [0.1, 0.15) is 72.1 Å². The Balaban J connectivity index is 1.52. The Hall–Kier alpha value is -0.810. The standard InChI is InChI=1S/C18H34N2O3/c1-18(2,3)23-17(21)20-15-8-10-16(11-9-15)22-13-12-19-14-6-4-5-7-14/h14-16,19H,4-13H2,1-3H3,(H,20,21). The first-order chi connectivity index (χ1) is 10.9. The van der Waals surface area contributed by atoms with Crippen molar-refractivity contribution in [1.29, 1.82) is 0 Å². The van der Waals surface area contributed by atoms with Crippen molar-refractivity contribution in [2.45, 2.75) is 95.9 Å². The van der Waals surface area contributed by atoms with Gasteiger partial charge in [0, 0.05) is 18.6 Å². The molecule has 0 unspecified atom stereocenters. The van der Waals surface area contributed by atoms with Crippen LogP contribution in [0.3, 0.4) is 0 Å². The zero-order valence-corrected chi connectivity index (χ0v) is 15.0. The minimum absolute atomic E-state index is 0.223. The largest absolute Gasteiger partial charge is 0.444 e. The predicted octanol–water partition coefficient (Wildman–Crippen LogP) is 3.37. The van der Waals surface area contributed by atoms with Crippen molar-refractivity contribution in [3.8, 4) is 0 Å². The summed E-state index contributed by atoms with van der Waals surface area (Å²) in [6.07, 6.45) is 9.40. The number of hydrogen-bond donors (Lipinski definition) is 2. The van der Waals surface area contributed by atoms with E-state index in [1.165, 1.54) is 25.7 Å². The molecule has 1 amide bonds. The van der Waals surface area contributed by atoms with Crippen LogP contribution in [0.4, 0.5) is 4.79 Å². The Bertz CT molecular complexity index is 354. The van der Waals surface area contributed by atoms with Crippen LogP contribution >= 0.6 is 0 Å². The van der Waals surface area contributed by atoms with E-state index >= 15 is 0 Å². The van der Waals surface area contributed by atoms with Gasteiger partial charge < -0.3 is 20.1 Å². The number of carbonyl (C=O) groups excluding carboxylic acids is 1. The third kappa shape index (κ3) is 7.53. The molecule has 2 fully saturated rings. The lowest BCUT2D eigenvalue weighted by molar-refractivity contribution is 0.0188. The number of carbonyl (C=O) groups is 1. The van der Waals surface area contributed by atoms with Crippen LogP contribution in [-0.2, 0) is 9.47 Å². The maximum Gasteiger partial charge on any atom is 0.407 e. The van der Waals surface area contributed by atoms with Crippen molar-refractivity contribution >= 4 is 6.09 Å². The maximum atomic E-state index is 11.8. The first-order valence-electron chi connectivity index (χ1n) is 9.27. The van der Waals surface area contributed by atoms with Gasteiger partial charge in [0.2, 0.25) is 0 Å². The van der Waals surface area contributed by atoms with Crippen LogP contribution in [0.15, 0.2) is 0 Å². The van der Waals surface area contributed by atoms with E-state index in [4.69, 9.17) is 9.47 Å². The number of nitrogens with one attached hydrogen (secondary N) is 2. The second-order valence-electron chi connectivity index (χ2n) is 7.93. The summed E-state index contributed by atoms with van der Waals surface area (Å²) in [5.74, 6) is 0. The Morgan fingerprint density at radius 3 is 2.26 bits per heavy atom. The molecule has 2 aliphatic rings. The summed E-state index contributed by atoms with van der Waals surface area (Å²) in [6.45, 7) is 7.41. The van der Waals surface area contributed by atoms with Crippen LogP contribution in [0.25, 0.3) is 0 Å². The topological polar surface area (TPSA) is 59.6 Å². The highest BCUT2D eigenvalue weighted by atomic mass is 16.6. The molecule has 0 bridgehead atoms. The third-order valence-corrected chi connectivity index (χ3v) is 4.64. The summed E-state index contributed by atoms with van der Waals surface area (Å²) < 4.78 is 11.3. The van der Waals surface area contributed by atoms with Crippen molar-refractivity contribution in [2.24, 2.45) is 0 Å². The Kier molecular flexibility index (Phi) is 7.15. The van der Waals surface area contributed by atoms with Gasteiger partial charge in [-0.25, -0.2) is 4.79 Å². The number of alkyl carbamates (subject to hydrolysis) is 1. The van der Waals surface area contributed by atoms with Gasteiger partial charge in [0.05, 0.1) is 12.7 Å². The van der Waals surface area contributed by atoms with Gasteiger partial charge in [0.25, 0.3) is 0 Å². The predicted molar refractivity (Wildman–Crippen MR) is 91.6 cm³/mol. The highest BCUT2D eigenvalue weighted by molar-refractivity contribution is 5.68. The van der Waals surface area contributed by atoms with Crippen molar-refractivity contribution < 1.29 is 14.3 Å². The van der Waals surface area contributed by atoms with E-state index in [9.17, 15) is 4.79 Å². The molecule has 2 saturated carbocycles. The third-order valence-electron chi connectivity index (χ3n) is 4.64. The summed E-state index contributed by atoms with van der Waals surface area (Å²) in [7, 11) is 0. The summed E-state index contributed by atoms with van der Waals surface area (Å²) in [5.41, 5.74) is -0.434. The second-order valence-corrected chi connectivity index (χ2v) is 7.93. The number of hydrogen-bond acceptors (Lipinski definition) is 4. The minimum atomic E-state index is -0.434. The van der Waals surface area contributed by atoms with Crippen LogP contribution in [0.2, 0.25) is 0 Å². The van der Waals surface area contributed by atoms with Crippen LogP contribution in [0.5, 0.6) is 0 Å². The molecule has 134 valence electrons. The van der Waals surface area contributed by atoms with Crippen molar-refractivity contribution in [3.05, 3.63) is 0 Å². The van der Waals surface area contributed by atoms with E-state index in [0.29, 0.717) is 12.1 Å². The fourth-order valence-corrected chi connectivity index (χ4v) is 3.47. The van der Waals surface area contributed by atoms with Crippen LogP contribution < -0.4 is 10.6 Å².